The number of allylic oxidation sites excluding steroid dienone is 1. The van der Waals surface area contributed by atoms with Crippen molar-refractivity contribution in [2.45, 2.75) is 19.4 Å². The molecule has 1 aliphatic heterocycles. The number of hydrazone groups is 1. The van der Waals surface area contributed by atoms with Gasteiger partial charge in [-0.05, 0) is 42.8 Å². The van der Waals surface area contributed by atoms with Gasteiger partial charge in [0.1, 0.15) is 5.82 Å². The molecule has 1 aliphatic rings. The number of amides is 1. The van der Waals surface area contributed by atoms with Crippen LogP contribution < -0.4 is 11.0 Å². The zero-order valence-electron chi connectivity index (χ0n) is 15.8. The first-order valence-corrected chi connectivity index (χ1v) is 9.31. The van der Waals surface area contributed by atoms with E-state index < -0.39 is 10.8 Å². The number of nitro groups is 1. The average molecular weight is 403 g/mol. The fraction of sp³-hybridized carbons (Fsp3) is 0.143. The molecule has 150 valence electrons. The molecular formula is C21H17N5O4. The second-order valence-corrected chi connectivity index (χ2v) is 6.71. The molecule has 30 heavy (non-hydrogen) atoms. The molecule has 0 atom stereocenters. The standard InChI is InChI=1S/C21H17N5O4/c27-20(24-22-11-3-6-14-5-1-2-7-18(14)26(29)30)15-9-10-16-17(13-15)23-19-8-4-12-25(19)21(16)28/h1-3,5-7,9-11,13H,4,8,12H2,(H,24,27)/b6-3+,22-11-. The van der Waals surface area contributed by atoms with Crippen molar-refractivity contribution in [2.24, 2.45) is 5.10 Å². The highest BCUT2D eigenvalue weighted by molar-refractivity contribution is 5.98. The number of fused-ring (bicyclic) bond motifs is 2. The van der Waals surface area contributed by atoms with Crippen LogP contribution in [-0.2, 0) is 13.0 Å². The summed E-state index contributed by atoms with van der Waals surface area (Å²) in [5.74, 6) is 0.290. The van der Waals surface area contributed by atoms with Crippen LogP contribution in [0.2, 0.25) is 0 Å². The number of rotatable bonds is 5. The van der Waals surface area contributed by atoms with Crippen LogP contribution in [0.3, 0.4) is 0 Å². The number of nitrogens with zero attached hydrogens (tertiary/aromatic N) is 4. The monoisotopic (exact) mass is 403 g/mol. The van der Waals surface area contributed by atoms with Gasteiger partial charge in [-0.3, -0.25) is 24.3 Å². The third-order valence-corrected chi connectivity index (χ3v) is 4.81. The van der Waals surface area contributed by atoms with Gasteiger partial charge in [-0.25, -0.2) is 10.4 Å². The topological polar surface area (TPSA) is 119 Å². The number of carbonyl (C=O) groups excluding carboxylic acids is 1. The van der Waals surface area contributed by atoms with E-state index in [1.54, 1.807) is 41.0 Å². The summed E-state index contributed by atoms with van der Waals surface area (Å²) >= 11 is 0. The van der Waals surface area contributed by atoms with Gasteiger partial charge in [0.2, 0.25) is 0 Å². The van der Waals surface area contributed by atoms with E-state index in [2.05, 4.69) is 15.5 Å². The maximum atomic E-state index is 12.5. The lowest BCUT2D eigenvalue weighted by molar-refractivity contribution is -0.385. The molecular weight excluding hydrogens is 386 g/mol. The Balaban J connectivity index is 1.47. The highest BCUT2D eigenvalue weighted by atomic mass is 16.6. The SMILES string of the molecule is O=C(N/N=C\C=C\c1ccccc1[N+](=O)[O-])c1ccc2c(=O)n3c(nc2c1)CCC3. The van der Waals surface area contributed by atoms with Crippen LogP contribution in [0.1, 0.15) is 28.2 Å². The lowest BCUT2D eigenvalue weighted by atomic mass is 10.1. The van der Waals surface area contributed by atoms with Gasteiger partial charge in [-0.2, -0.15) is 5.10 Å². The number of hydrogen-bond donors (Lipinski definition) is 1. The number of para-hydroxylation sites is 1. The van der Waals surface area contributed by atoms with Crippen LogP contribution in [0.5, 0.6) is 0 Å². The summed E-state index contributed by atoms with van der Waals surface area (Å²) in [7, 11) is 0. The second-order valence-electron chi connectivity index (χ2n) is 6.71. The second kappa shape index (κ2) is 8.08. The van der Waals surface area contributed by atoms with E-state index in [0.717, 1.165) is 18.7 Å². The average Bonchev–Trinajstić information content (AvgIpc) is 3.22. The van der Waals surface area contributed by atoms with Crippen molar-refractivity contribution in [3.8, 4) is 0 Å². The van der Waals surface area contributed by atoms with Gasteiger partial charge < -0.3 is 0 Å². The smallest absolute Gasteiger partial charge is 0.276 e. The summed E-state index contributed by atoms with van der Waals surface area (Å²) in [5.41, 5.74) is 3.53. The molecule has 9 heteroatoms. The van der Waals surface area contributed by atoms with E-state index in [1.165, 1.54) is 24.4 Å². The molecule has 0 saturated carbocycles. The first-order valence-electron chi connectivity index (χ1n) is 9.31. The fourth-order valence-corrected chi connectivity index (χ4v) is 3.37. The summed E-state index contributed by atoms with van der Waals surface area (Å²) in [6.07, 6.45) is 5.99. The molecule has 0 fully saturated rings. The zero-order valence-corrected chi connectivity index (χ0v) is 15.8. The highest BCUT2D eigenvalue weighted by Gasteiger charge is 2.17. The molecule has 3 aromatic rings. The third-order valence-electron chi connectivity index (χ3n) is 4.81. The summed E-state index contributed by atoms with van der Waals surface area (Å²) in [6.45, 7) is 0.674. The molecule has 0 unspecified atom stereocenters. The number of aromatic nitrogens is 2. The molecule has 4 rings (SSSR count). The minimum absolute atomic E-state index is 0.0164. The van der Waals surface area contributed by atoms with Gasteiger partial charge in [-0.1, -0.05) is 12.1 Å². The molecule has 1 aromatic heterocycles. The number of aryl methyl sites for hydroxylation is 1. The number of carbonyl (C=O) groups is 1. The first kappa shape index (κ1) is 19.2. The van der Waals surface area contributed by atoms with E-state index in [0.29, 0.717) is 28.6 Å². The van der Waals surface area contributed by atoms with E-state index in [1.807, 2.05) is 0 Å². The number of nitrogens with one attached hydrogen (secondary N) is 1. The van der Waals surface area contributed by atoms with E-state index in [-0.39, 0.29) is 11.2 Å². The zero-order chi connectivity index (χ0) is 21.1. The van der Waals surface area contributed by atoms with E-state index in [9.17, 15) is 19.7 Å². The first-order chi connectivity index (χ1) is 14.5. The van der Waals surface area contributed by atoms with Crippen LogP contribution >= 0.6 is 0 Å². The predicted octanol–water partition coefficient (Wildman–Crippen LogP) is 2.68. The summed E-state index contributed by atoms with van der Waals surface area (Å²) in [4.78, 5) is 39.8. The van der Waals surface area contributed by atoms with Crippen molar-refractivity contribution < 1.29 is 9.72 Å². The van der Waals surface area contributed by atoms with Gasteiger partial charge in [-0.15, -0.1) is 0 Å². The van der Waals surface area contributed by atoms with Crippen molar-refractivity contribution in [3.05, 3.63) is 86.0 Å². The van der Waals surface area contributed by atoms with Gasteiger partial charge >= 0.3 is 0 Å². The number of benzene rings is 2. The van der Waals surface area contributed by atoms with Crippen LogP contribution in [0.25, 0.3) is 17.0 Å². The molecule has 0 saturated heterocycles. The molecule has 9 nitrogen and oxygen atoms in total. The van der Waals surface area contributed by atoms with Gasteiger partial charge in [0.25, 0.3) is 17.2 Å². The summed E-state index contributed by atoms with van der Waals surface area (Å²) in [6, 6.07) is 11.0. The highest BCUT2D eigenvalue weighted by Crippen LogP contribution is 2.19. The van der Waals surface area contributed by atoms with Crippen molar-refractivity contribution >= 4 is 34.8 Å². The lowest BCUT2D eigenvalue weighted by Gasteiger charge is -2.06. The summed E-state index contributed by atoms with van der Waals surface area (Å²) in [5, 5.41) is 15.3. The van der Waals surface area contributed by atoms with Crippen LogP contribution in [0.4, 0.5) is 5.69 Å². The maximum Gasteiger partial charge on any atom is 0.276 e. The Morgan fingerprint density at radius 2 is 2.10 bits per heavy atom. The van der Waals surface area contributed by atoms with Crippen molar-refractivity contribution in [1.29, 1.82) is 0 Å². The fourth-order valence-electron chi connectivity index (χ4n) is 3.37. The Morgan fingerprint density at radius 1 is 1.27 bits per heavy atom. The predicted molar refractivity (Wildman–Crippen MR) is 112 cm³/mol. The molecule has 1 N–H and O–H groups in total. The molecule has 2 heterocycles. The Kier molecular flexibility index (Phi) is 5.17. The van der Waals surface area contributed by atoms with Crippen LogP contribution in [0.15, 0.2) is 58.4 Å². The minimum atomic E-state index is -0.465. The Bertz CT molecular complexity index is 1280. The lowest BCUT2D eigenvalue weighted by Crippen LogP contribution is -2.22. The Labute approximate surface area is 170 Å². The third kappa shape index (κ3) is 3.72. The number of nitro benzene ring substituents is 1. The molecule has 0 radical (unpaired) electrons. The molecule has 0 aliphatic carbocycles. The molecule has 0 spiro atoms. The van der Waals surface area contributed by atoms with Crippen molar-refractivity contribution in [2.75, 3.05) is 0 Å². The van der Waals surface area contributed by atoms with Crippen molar-refractivity contribution in [1.82, 2.24) is 15.0 Å². The van der Waals surface area contributed by atoms with Gasteiger partial charge in [0.15, 0.2) is 0 Å². The van der Waals surface area contributed by atoms with E-state index >= 15 is 0 Å². The van der Waals surface area contributed by atoms with Crippen molar-refractivity contribution in [3.63, 3.8) is 0 Å². The Hall–Kier alpha value is -4.14. The normalized spacial score (nSPS) is 13.2. The molecule has 0 bridgehead atoms. The number of hydrogen-bond acceptors (Lipinski definition) is 6. The maximum absolute atomic E-state index is 12.5. The molecule has 1 amide bonds. The quantitative estimate of drug-likeness (QED) is 0.399. The molecule has 2 aromatic carbocycles. The van der Waals surface area contributed by atoms with E-state index in [4.69, 9.17) is 0 Å². The largest absolute Gasteiger partial charge is 0.296 e. The van der Waals surface area contributed by atoms with Crippen LogP contribution in [-0.4, -0.2) is 26.6 Å². The minimum Gasteiger partial charge on any atom is -0.296 e. The van der Waals surface area contributed by atoms with Gasteiger partial charge in [0, 0.05) is 30.8 Å². The summed E-state index contributed by atoms with van der Waals surface area (Å²) < 4.78 is 1.68. The Morgan fingerprint density at radius 3 is 2.93 bits per heavy atom. The van der Waals surface area contributed by atoms with Gasteiger partial charge in [0.05, 0.1) is 21.4 Å². The van der Waals surface area contributed by atoms with Crippen LogP contribution in [0, 0.1) is 10.1 Å².